The van der Waals surface area contributed by atoms with Gasteiger partial charge in [0.15, 0.2) is 17.7 Å². The third-order valence-corrected chi connectivity index (χ3v) is 11.2. The number of alkyl halides is 1. The summed E-state index contributed by atoms with van der Waals surface area (Å²) in [5.74, 6) is -4.78. The number of nitrogens with zero attached hydrogens (tertiary/aromatic N) is 5. The van der Waals surface area contributed by atoms with Crippen LogP contribution in [0.5, 0.6) is 0 Å². The van der Waals surface area contributed by atoms with Gasteiger partial charge < -0.3 is 33.5 Å². The predicted molar refractivity (Wildman–Crippen MR) is 182 cm³/mol. The van der Waals surface area contributed by atoms with E-state index in [4.69, 9.17) is 29.2 Å². The number of esters is 1. The molecule has 0 saturated carbocycles. The van der Waals surface area contributed by atoms with E-state index in [0.717, 1.165) is 13.3 Å². The number of carbonyl (C=O) groups excluding carboxylic acids is 4. The van der Waals surface area contributed by atoms with Crippen molar-refractivity contribution in [2.75, 3.05) is 34.3 Å². The van der Waals surface area contributed by atoms with Crippen LogP contribution in [0.1, 0.15) is 93.9 Å². The van der Waals surface area contributed by atoms with Gasteiger partial charge in [0.05, 0.1) is 23.9 Å². The second-order valence-electron chi connectivity index (χ2n) is 15.2. The van der Waals surface area contributed by atoms with Crippen molar-refractivity contribution >= 4 is 23.6 Å². The van der Waals surface area contributed by atoms with Gasteiger partial charge in [-0.05, 0) is 79.4 Å². The summed E-state index contributed by atoms with van der Waals surface area (Å²) in [6.45, 7) is 13.4. The Balaban J connectivity index is 2.10. The van der Waals surface area contributed by atoms with Crippen LogP contribution in [0, 0.1) is 17.8 Å². The first-order chi connectivity index (χ1) is 23.3. The van der Waals surface area contributed by atoms with Gasteiger partial charge >= 0.3 is 12.1 Å². The molecule has 3 fully saturated rings. The molecule has 3 aliphatic rings. The minimum Gasteiger partial charge on any atom is -0.455 e. The van der Waals surface area contributed by atoms with Crippen molar-refractivity contribution in [3.05, 3.63) is 10.4 Å². The van der Waals surface area contributed by atoms with Crippen LogP contribution in [-0.4, -0.2) is 121 Å². The average molecular weight is 712 g/mol. The van der Waals surface area contributed by atoms with Crippen LogP contribution in [0.4, 0.5) is 9.18 Å². The lowest BCUT2D eigenvalue weighted by Gasteiger charge is -2.47. The van der Waals surface area contributed by atoms with Gasteiger partial charge in [-0.25, -0.2) is 14.0 Å². The third-order valence-electron chi connectivity index (χ3n) is 11.2. The Hall–Kier alpha value is -2.84. The number of rotatable bonds is 10. The van der Waals surface area contributed by atoms with E-state index in [0.29, 0.717) is 12.8 Å². The highest BCUT2D eigenvalue weighted by Gasteiger charge is 2.59. The van der Waals surface area contributed by atoms with Gasteiger partial charge in [-0.15, -0.1) is 0 Å². The molecule has 12 atom stereocenters. The highest BCUT2D eigenvalue weighted by atomic mass is 19.1. The number of hydrogen-bond donors (Lipinski definition) is 0. The van der Waals surface area contributed by atoms with E-state index < -0.39 is 71.1 Å². The second-order valence-corrected chi connectivity index (χ2v) is 15.2. The number of fused-ring (bicyclic) bond motifs is 1. The number of ketones is 2. The van der Waals surface area contributed by atoms with Gasteiger partial charge in [-0.3, -0.25) is 9.59 Å². The van der Waals surface area contributed by atoms with E-state index in [1.807, 2.05) is 27.9 Å². The van der Waals surface area contributed by atoms with Crippen LogP contribution in [0.3, 0.4) is 0 Å². The molecule has 3 saturated heterocycles. The minimum absolute atomic E-state index is 0.0768. The van der Waals surface area contributed by atoms with Crippen molar-refractivity contribution in [1.29, 1.82) is 0 Å². The lowest BCUT2D eigenvalue weighted by Crippen LogP contribution is -2.60. The summed E-state index contributed by atoms with van der Waals surface area (Å²) in [6, 6.07) is -0.796. The summed E-state index contributed by atoms with van der Waals surface area (Å²) < 4.78 is 47.3. The average Bonchev–Trinajstić information content (AvgIpc) is 3.29. The standard InChI is InChI=1S/C35H58FN5O9/c1-12-27-35(8)26(41(32(45)50-35)16-14-13-15-38-39-37)18-25(42)20(2)19-33(6,46-11)29(23(5)28(43)34(7,36)31(44)48-27)49-30-22(4)24(40(9)10)17-21(3)47-30/h20-24,26-27,29-30H,12-19H2,1-11H3/t20-,21?,22?,23+,24?,26-,27-,29-,30+,33-,34+,35+/m1/s1. The summed E-state index contributed by atoms with van der Waals surface area (Å²) in [5.41, 5.74) is 2.64. The van der Waals surface area contributed by atoms with Gasteiger partial charge in [0, 0.05) is 55.3 Å². The smallest absolute Gasteiger partial charge is 0.410 e. The fraction of sp³-hybridized carbons (Fsp3) is 0.886. The molecule has 0 aromatic carbocycles. The molecule has 15 heteroatoms. The first-order valence-corrected chi connectivity index (χ1v) is 17.8. The fourth-order valence-corrected chi connectivity index (χ4v) is 7.96. The molecule has 3 rings (SSSR count). The maximum absolute atomic E-state index is 16.7. The van der Waals surface area contributed by atoms with Gasteiger partial charge in [0.1, 0.15) is 11.9 Å². The van der Waals surface area contributed by atoms with Crippen LogP contribution in [-0.2, 0) is 38.1 Å². The molecule has 50 heavy (non-hydrogen) atoms. The molecule has 0 bridgehead atoms. The highest BCUT2D eigenvalue weighted by Crippen LogP contribution is 2.42. The summed E-state index contributed by atoms with van der Waals surface area (Å²) in [4.78, 5) is 61.6. The van der Waals surface area contributed by atoms with Gasteiger partial charge in [0.2, 0.25) is 0 Å². The zero-order chi connectivity index (χ0) is 37.8. The van der Waals surface area contributed by atoms with E-state index in [9.17, 15) is 19.2 Å². The van der Waals surface area contributed by atoms with Crippen LogP contribution >= 0.6 is 0 Å². The van der Waals surface area contributed by atoms with Crippen molar-refractivity contribution in [1.82, 2.24) is 9.80 Å². The molecule has 0 aromatic heterocycles. The summed E-state index contributed by atoms with van der Waals surface area (Å²) >= 11 is 0. The maximum Gasteiger partial charge on any atom is 0.410 e. The van der Waals surface area contributed by atoms with E-state index in [2.05, 4.69) is 14.9 Å². The zero-order valence-corrected chi connectivity index (χ0v) is 31.6. The molecule has 3 unspecified atom stereocenters. The number of hydrogen-bond acceptors (Lipinski definition) is 11. The van der Waals surface area contributed by atoms with Crippen molar-refractivity contribution in [3.8, 4) is 0 Å². The van der Waals surface area contributed by atoms with Gasteiger partial charge in [-0.2, -0.15) is 0 Å². The van der Waals surface area contributed by atoms with E-state index in [-0.39, 0.29) is 56.2 Å². The zero-order valence-electron chi connectivity index (χ0n) is 31.6. The number of unbranched alkanes of at least 4 members (excludes halogenated alkanes) is 1. The lowest BCUT2D eigenvalue weighted by molar-refractivity contribution is -0.281. The molecular weight excluding hydrogens is 653 g/mol. The van der Waals surface area contributed by atoms with Crippen LogP contribution < -0.4 is 0 Å². The summed E-state index contributed by atoms with van der Waals surface area (Å²) in [7, 11) is 5.38. The largest absolute Gasteiger partial charge is 0.455 e. The molecule has 284 valence electrons. The second kappa shape index (κ2) is 16.7. The number of amides is 1. The molecule has 0 radical (unpaired) electrons. The number of methoxy groups -OCH3 is 1. The Bertz CT molecular complexity index is 1290. The number of ether oxygens (including phenoxy) is 5. The molecule has 3 heterocycles. The Morgan fingerprint density at radius 2 is 1.76 bits per heavy atom. The highest BCUT2D eigenvalue weighted by molar-refractivity contribution is 6.07. The molecule has 0 spiro atoms. The Labute approximate surface area is 295 Å². The SMILES string of the molecule is CC[C@H]1OC(=O)[C@@](C)(F)C(=O)[C@H](C)[C@@H](O[C@@H]2OC(C)CC(N(C)C)C2C)[C@](C)(OC)C[C@@H](C)C(=O)C[C@H]2N(CCCCN=[N+]=[N-])C(=O)O[C@]12C. The number of carbonyl (C=O) groups is 4. The van der Waals surface area contributed by atoms with Crippen LogP contribution in [0.15, 0.2) is 5.11 Å². The molecule has 1 amide bonds. The fourth-order valence-electron chi connectivity index (χ4n) is 7.96. The molecule has 14 nitrogen and oxygen atoms in total. The van der Waals surface area contributed by atoms with Crippen molar-refractivity contribution in [3.63, 3.8) is 0 Å². The minimum atomic E-state index is -3.11. The topological polar surface area (TPSA) is 170 Å². The van der Waals surface area contributed by atoms with Crippen LogP contribution in [0.2, 0.25) is 0 Å². The Morgan fingerprint density at radius 3 is 2.34 bits per heavy atom. The normalized spacial score (nSPS) is 40.5. The Morgan fingerprint density at radius 1 is 1.10 bits per heavy atom. The van der Waals surface area contributed by atoms with Crippen molar-refractivity contribution in [2.24, 2.45) is 22.9 Å². The maximum atomic E-state index is 16.7. The van der Waals surface area contributed by atoms with E-state index in [1.54, 1.807) is 27.7 Å². The molecule has 0 aromatic rings. The number of cyclic esters (lactones) is 1. The van der Waals surface area contributed by atoms with E-state index in [1.165, 1.54) is 18.9 Å². The monoisotopic (exact) mass is 711 g/mol. The first-order valence-electron chi connectivity index (χ1n) is 17.8. The number of azide groups is 1. The quantitative estimate of drug-likeness (QED) is 0.0714. The third kappa shape index (κ3) is 8.61. The summed E-state index contributed by atoms with van der Waals surface area (Å²) in [5, 5.41) is 3.54. The molecule has 0 aliphatic carbocycles. The first kappa shape index (κ1) is 41.6. The van der Waals surface area contributed by atoms with Gasteiger partial charge in [0.25, 0.3) is 5.67 Å². The summed E-state index contributed by atoms with van der Waals surface area (Å²) in [6.07, 6.45) is -2.29. The molecule has 3 aliphatic heterocycles. The Kier molecular flexibility index (Phi) is 13.9. The van der Waals surface area contributed by atoms with Crippen molar-refractivity contribution in [2.45, 2.75) is 147 Å². The van der Waals surface area contributed by atoms with E-state index >= 15 is 4.39 Å². The van der Waals surface area contributed by atoms with Crippen LogP contribution in [0.25, 0.3) is 10.4 Å². The van der Waals surface area contributed by atoms with Gasteiger partial charge in [-0.1, -0.05) is 32.8 Å². The molecular formula is C35H58FN5O9. The number of halogens is 1. The lowest BCUT2D eigenvalue weighted by atomic mass is 9.75. The van der Waals surface area contributed by atoms with Crippen molar-refractivity contribution < 1.29 is 47.3 Å². The number of Topliss-reactive ketones (excluding diaryl/α,β-unsaturated/α-hetero) is 2. The molecule has 0 N–H and O–H groups in total. The predicted octanol–water partition coefficient (Wildman–Crippen LogP) is 5.40.